The Morgan fingerprint density at radius 2 is 1.94 bits per heavy atom. The van der Waals surface area contributed by atoms with E-state index in [1.807, 2.05) is 12.1 Å². The molecule has 2 nitrogen and oxygen atoms in total. The molecule has 0 saturated heterocycles. The number of benzene rings is 1. The predicted octanol–water partition coefficient (Wildman–Crippen LogP) is 3.13. The number of nitrogens with two attached hydrogens (primary N) is 1. The maximum atomic E-state index is 5.85. The monoisotopic (exact) mass is 229 g/mol. The van der Waals surface area contributed by atoms with Crippen LogP contribution in [-0.2, 0) is 12.8 Å². The quantitative estimate of drug-likeness (QED) is 0.855. The zero-order valence-corrected chi connectivity index (χ0v) is 10.2. The molecular formula is C15H19NO. The molecule has 0 bridgehead atoms. The summed E-state index contributed by atoms with van der Waals surface area (Å²) in [6, 6.07) is 12.6. The van der Waals surface area contributed by atoms with Crippen LogP contribution >= 0.6 is 0 Å². The van der Waals surface area contributed by atoms with Crippen molar-refractivity contribution in [1.29, 1.82) is 0 Å². The van der Waals surface area contributed by atoms with Crippen molar-refractivity contribution in [2.75, 3.05) is 6.54 Å². The van der Waals surface area contributed by atoms with Crippen molar-refractivity contribution in [3.05, 3.63) is 59.5 Å². The second-order valence-electron chi connectivity index (χ2n) is 4.31. The smallest absolute Gasteiger partial charge is 0.104 e. The Bertz CT molecular complexity index is 430. The molecule has 1 aromatic heterocycles. The molecule has 1 aromatic carbocycles. The summed E-state index contributed by atoms with van der Waals surface area (Å²) in [6.45, 7) is 2.81. The summed E-state index contributed by atoms with van der Waals surface area (Å²) in [5, 5.41) is 0. The van der Waals surface area contributed by atoms with E-state index in [1.165, 1.54) is 11.1 Å². The van der Waals surface area contributed by atoms with Gasteiger partial charge < -0.3 is 10.2 Å². The second kappa shape index (κ2) is 5.69. The largest absolute Gasteiger partial charge is 0.469 e. The third-order valence-corrected chi connectivity index (χ3v) is 3.17. The van der Waals surface area contributed by atoms with Gasteiger partial charge in [0, 0.05) is 12.3 Å². The van der Waals surface area contributed by atoms with Crippen LogP contribution in [-0.4, -0.2) is 6.54 Å². The van der Waals surface area contributed by atoms with E-state index in [1.54, 1.807) is 6.26 Å². The minimum atomic E-state index is 0.340. The SMILES string of the molecule is CCc1ccc(C(CN)Cc2ccco2)cc1. The van der Waals surface area contributed by atoms with Crippen molar-refractivity contribution in [2.24, 2.45) is 5.73 Å². The molecule has 1 heterocycles. The van der Waals surface area contributed by atoms with Crippen LogP contribution in [0, 0.1) is 0 Å². The Morgan fingerprint density at radius 3 is 2.47 bits per heavy atom. The number of aryl methyl sites for hydroxylation is 1. The highest BCUT2D eigenvalue weighted by atomic mass is 16.3. The van der Waals surface area contributed by atoms with Gasteiger partial charge in [-0.3, -0.25) is 0 Å². The first-order valence-electron chi connectivity index (χ1n) is 6.14. The van der Waals surface area contributed by atoms with E-state index in [2.05, 4.69) is 31.2 Å². The van der Waals surface area contributed by atoms with Crippen LogP contribution in [0.1, 0.15) is 29.7 Å². The van der Waals surface area contributed by atoms with Gasteiger partial charge in [0.15, 0.2) is 0 Å². The minimum absolute atomic E-state index is 0.340. The molecule has 0 spiro atoms. The fourth-order valence-electron chi connectivity index (χ4n) is 2.03. The highest BCUT2D eigenvalue weighted by Crippen LogP contribution is 2.20. The van der Waals surface area contributed by atoms with Crippen LogP contribution in [0.3, 0.4) is 0 Å². The maximum Gasteiger partial charge on any atom is 0.104 e. The zero-order valence-electron chi connectivity index (χ0n) is 10.2. The van der Waals surface area contributed by atoms with Gasteiger partial charge in [-0.2, -0.15) is 0 Å². The van der Waals surface area contributed by atoms with Gasteiger partial charge in [0.2, 0.25) is 0 Å². The van der Waals surface area contributed by atoms with E-state index in [9.17, 15) is 0 Å². The van der Waals surface area contributed by atoms with Crippen LogP contribution in [0.2, 0.25) is 0 Å². The molecular weight excluding hydrogens is 210 g/mol. The van der Waals surface area contributed by atoms with Crippen LogP contribution in [0.5, 0.6) is 0 Å². The van der Waals surface area contributed by atoms with Gasteiger partial charge in [-0.05, 0) is 36.2 Å². The fraction of sp³-hybridized carbons (Fsp3) is 0.333. The minimum Gasteiger partial charge on any atom is -0.469 e. The van der Waals surface area contributed by atoms with Crippen molar-refractivity contribution < 1.29 is 4.42 Å². The first-order valence-corrected chi connectivity index (χ1v) is 6.14. The number of hydrogen-bond donors (Lipinski definition) is 1. The molecule has 2 heteroatoms. The van der Waals surface area contributed by atoms with Crippen molar-refractivity contribution in [3.8, 4) is 0 Å². The first kappa shape index (κ1) is 11.9. The predicted molar refractivity (Wildman–Crippen MR) is 70.0 cm³/mol. The Morgan fingerprint density at radius 1 is 1.18 bits per heavy atom. The number of furan rings is 1. The molecule has 2 rings (SSSR count). The van der Waals surface area contributed by atoms with Gasteiger partial charge in [-0.25, -0.2) is 0 Å². The van der Waals surface area contributed by atoms with Gasteiger partial charge in [0.25, 0.3) is 0 Å². The molecule has 1 atom stereocenters. The number of rotatable bonds is 5. The Hall–Kier alpha value is -1.54. The zero-order chi connectivity index (χ0) is 12.1. The third kappa shape index (κ3) is 2.98. The summed E-state index contributed by atoms with van der Waals surface area (Å²) in [6.07, 6.45) is 3.66. The van der Waals surface area contributed by atoms with E-state index in [4.69, 9.17) is 10.2 Å². The average Bonchev–Trinajstić information content (AvgIpc) is 2.89. The Labute approximate surface area is 102 Å². The van der Waals surface area contributed by atoms with Gasteiger partial charge >= 0.3 is 0 Å². The molecule has 0 amide bonds. The lowest BCUT2D eigenvalue weighted by Crippen LogP contribution is -2.14. The molecule has 0 fully saturated rings. The van der Waals surface area contributed by atoms with Gasteiger partial charge in [0.05, 0.1) is 6.26 Å². The maximum absolute atomic E-state index is 5.85. The highest BCUT2D eigenvalue weighted by molar-refractivity contribution is 5.26. The average molecular weight is 229 g/mol. The summed E-state index contributed by atoms with van der Waals surface area (Å²) in [7, 11) is 0. The van der Waals surface area contributed by atoms with Gasteiger partial charge in [-0.15, -0.1) is 0 Å². The third-order valence-electron chi connectivity index (χ3n) is 3.17. The molecule has 0 saturated carbocycles. The molecule has 0 aliphatic rings. The molecule has 2 N–H and O–H groups in total. The summed E-state index contributed by atoms with van der Waals surface area (Å²) < 4.78 is 5.38. The summed E-state index contributed by atoms with van der Waals surface area (Å²) >= 11 is 0. The van der Waals surface area contributed by atoms with E-state index in [-0.39, 0.29) is 0 Å². The summed E-state index contributed by atoms with van der Waals surface area (Å²) in [4.78, 5) is 0. The van der Waals surface area contributed by atoms with Crippen molar-refractivity contribution in [3.63, 3.8) is 0 Å². The molecule has 0 radical (unpaired) electrons. The van der Waals surface area contributed by atoms with E-state index in [0.717, 1.165) is 18.6 Å². The lowest BCUT2D eigenvalue weighted by molar-refractivity contribution is 0.487. The van der Waals surface area contributed by atoms with E-state index in [0.29, 0.717) is 12.5 Å². The molecule has 0 aliphatic carbocycles. The van der Waals surface area contributed by atoms with Crippen molar-refractivity contribution in [1.82, 2.24) is 0 Å². The highest BCUT2D eigenvalue weighted by Gasteiger charge is 2.11. The van der Waals surface area contributed by atoms with Crippen LogP contribution in [0.25, 0.3) is 0 Å². The van der Waals surface area contributed by atoms with Gasteiger partial charge in [-0.1, -0.05) is 31.2 Å². The fourth-order valence-corrected chi connectivity index (χ4v) is 2.03. The van der Waals surface area contributed by atoms with Crippen molar-refractivity contribution >= 4 is 0 Å². The lowest BCUT2D eigenvalue weighted by atomic mass is 9.93. The second-order valence-corrected chi connectivity index (χ2v) is 4.31. The Balaban J connectivity index is 2.11. The molecule has 1 unspecified atom stereocenters. The molecule has 17 heavy (non-hydrogen) atoms. The van der Waals surface area contributed by atoms with E-state index < -0.39 is 0 Å². The summed E-state index contributed by atoms with van der Waals surface area (Å²) in [5.74, 6) is 1.34. The number of hydrogen-bond acceptors (Lipinski definition) is 2. The van der Waals surface area contributed by atoms with Crippen LogP contribution in [0.4, 0.5) is 0 Å². The van der Waals surface area contributed by atoms with Crippen molar-refractivity contribution in [2.45, 2.75) is 25.7 Å². The Kier molecular flexibility index (Phi) is 3.99. The summed E-state index contributed by atoms with van der Waals surface area (Å²) in [5.41, 5.74) is 8.51. The topological polar surface area (TPSA) is 39.2 Å². The van der Waals surface area contributed by atoms with Gasteiger partial charge in [0.1, 0.15) is 5.76 Å². The van der Waals surface area contributed by atoms with Crippen LogP contribution in [0.15, 0.2) is 47.1 Å². The normalized spacial score (nSPS) is 12.6. The standard InChI is InChI=1S/C15H19NO/c1-2-12-5-7-13(8-6-12)14(11-16)10-15-4-3-9-17-15/h3-9,14H,2,10-11,16H2,1H3. The molecule has 0 aliphatic heterocycles. The van der Waals surface area contributed by atoms with E-state index >= 15 is 0 Å². The molecule has 90 valence electrons. The first-order chi connectivity index (χ1) is 8.33. The van der Waals surface area contributed by atoms with Crippen LogP contribution < -0.4 is 5.73 Å². The molecule has 2 aromatic rings. The lowest BCUT2D eigenvalue weighted by Gasteiger charge is -2.14.